The Morgan fingerprint density at radius 3 is 2.59 bits per heavy atom. The maximum atomic E-state index is 13.7. The Balaban J connectivity index is 0.975. The monoisotopic (exact) mass is 420 g/mol. The first-order valence-electron chi connectivity index (χ1n) is 12.5. The normalized spacial score (nSPS) is 46.8. The van der Waals surface area contributed by atoms with Crippen LogP contribution in [0.1, 0.15) is 18.5 Å². The maximum Gasteiger partial charge on any atom is 0.229 e. The Morgan fingerprint density at radius 2 is 1.75 bits per heavy atom. The first-order chi connectivity index (χ1) is 15.7. The van der Waals surface area contributed by atoms with Gasteiger partial charge in [0.2, 0.25) is 5.91 Å². The summed E-state index contributed by atoms with van der Waals surface area (Å²) in [7, 11) is 0. The molecule has 0 bridgehead atoms. The van der Waals surface area contributed by atoms with Crippen LogP contribution >= 0.6 is 0 Å². The number of amides is 1. The molecule has 1 amide bonds. The second-order valence-corrected chi connectivity index (χ2v) is 11.9. The molecule has 1 spiro atoms. The van der Waals surface area contributed by atoms with Gasteiger partial charge in [-0.2, -0.15) is 5.10 Å². The highest BCUT2D eigenvalue weighted by molar-refractivity contribution is 5.92. The third-order valence-corrected chi connectivity index (χ3v) is 11.5. The lowest BCUT2D eigenvalue weighted by atomic mass is 8.96. The number of para-hydroxylation sites is 1. The van der Waals surface area contributed by atoms with Gasteiger partial charge < -0.3 is 4.90 Å². The van der Waals surface area contributed by atoms with Crippen molar-refractivity contribution < 1.29 is 4.79 Å². The molecule has 6 saturated carbocycles. The van der Waals surface area contributed by atoms with Crippen LogP contribution in [0.25, 0.3) is 22.2 Å². The quantitative estimate of drug-likeness (QED) is 0.639. The van der Waals surface area contributed by atoms with E-state index in [0.717, 1.165) is 96.1 Å². The van der Waals surface area contributed by atoms with Gasteiger partial charge in [-0.1, -0.05) is 18.2 Å². The van der Waals surface area contributed by atoms with E-state index in [1.807, 2.05) is 12.3 Å². The van der Waals surface area contributed by atoms with Crippen molar-refractivity contribution in [2.75, 3.05) is 13.1 Å². The highest BCUT2D eigenvalue weighted by Crippen LogP contribution is 3.06. The third kappa shape index (κ3) is 1.31. The minimum absolute atomic E-state index is 0.101. The molecule has 1 atom stereocenters. The summed E-state index contributed by atoms with van der Waals surface area (Å²) in [6.45, 7) is 2.81. The van der Waals surface area contributed by atoms with Gasteiger partial charge in [0.1, 0.15) is 0 Å². The molecule has 5 nitrogen and oxygen atoms in total. The van der Waals surface area contributed by atoms with E-state index >= 15 is 0 Å². The van der Waals surface area contributed by atoms with Crippen molar-refractivity contribution in [2.45, 2.75) is 24.8 Å². The van der Waals surface area contributed by atoms with E-state index in [1.165, 1.54) is 5.69 Å². The van der Waals surface area contributed by atoms with E-state index in [-0.39, 0.29) is 10.8 Å². The zero-order valence-electron chi connectivity index (χ0n) is 17.8. The van der Waals surface area contributed by atoms with Crippen molar-refractivity contribution in [1.82, 2.24) is 19.7 Å². The van der Waals surface area contributed by atoms with Crippen LogP contribution in [0.3, 0.4) is 0 Å². The van der Waals surface area contributed by atoms with E-state index in [2.05, 4.69) is 44.9 Å². The lowest BCUT2D eigenvalue weighted by molar-refractivity contribution is -0.597. The molecule has 8 aliphatic rings. The van der Waals surface area contributed by atoms with Crippen LogP contribution in [-0.2, 0) is 16.8 Å². The number of carbonyl (C=O) groups excluding carboxylic acids is 1. The van der Waals surface area contributed by atoms with Crippen molar-refractivity contribution in [2.24, 2.45) is 46.8 Å². The lowest BCUT2D eigenvalue weighted by Crippen LogP contribution is -3.07. The van der Waals surface area contributed by atoms with Gasteiger partial charge in [-0.25, -0.2) is 0 Å². The second-order valence-electron chi connectivity index (χ2n) is 11.9. The molecular formula is C27H24N4O. The van der Waals surface area contributed by atoms with Crippen LogP contribution in [0.2, 0.25) is 0 Å². The SMILES string of the molecule is O=C(N1CCC2(CCn3nc(-c4cnc5ccccc5c4)cc32)C1)C12C3C4C5C3C1C5C42. The summed E-state index contributed by atoms with van der Waals surface area (Å²) < 4.78 is 2.21. The first kappa shape index (κ1) is 16.0. The minimum Gasteiger partial charge on any atom is -0.341 e. The van der Waals surface area contributed by atoms with Gasteiger partial charge in [-0.3, -0.25) is 14.5 Å². The number of likely N-dealkylation sites (tertiary alicyclic amines) is 1. The smallest absolute Gasteiger partial charge is 0.229 e. The third-order valence-electron chi connectivity index (χ3n) is 11.5. The highest BCUT2D eigenvalue weighted by Gasteiger charge is 3.06. The summed E-state index contributed by atoms with van der Waals surface area (Å²) >= 11 is 0. The first-order valence-corrected chi connectivity index (χ1v) is 12.5. The molecule has 4 heterocycles. The van der Waals surface area contributed by atoms with Gasteiger partial charge in [0.25, 0.3) is 0 Å². The van der Waals surface area contributed by atoms with Crippen molar-refractivity contribution >= 4 is 16.8 Å². The Morgan fingerprint density at radius 1 is 0.969 bits per heavy atom. The van der Waals surface area contributed by atoms with Crippen LogP contribution in [-0.4, -0.2) is 38.7 Å². The lowest BCUT2D eigenvalue weighted by Gasteiger charge is -3.06. The molecule has 158 valence electrons. The molecular weight excluding hydrogens is 396 g/mol. The zero-order valence-corrected chi connectivity index (χ0v) is 17.8. The van der Waals surface area contributed by atoms with Gasteiger partial charge in [-0.05, 0) is 72.5 Å². The Kier molecular flexibility index (Phi) is 2.26. The Bertz CT molecular complexity index is 1370. The molecule has 1 saturated heterocycles. The standard InChI is InChI=1S/C27H24N4O/c32-25(27-22-19-18-20(22)24(27)21(18)23(19)27)30-7-5-26(12-30)6-8-31-17(26)10-16(29-31)14-9-13-3-1-2-4-15(13)28-11-14/h1-4,9-11,18-24H,5-8,12H2. The fourth-order valence-corrected chi connectivity index (χ4v) is 10.4. The molecule has 1 unspecified atom stereocenters. The average Bonchev–Trinajstić information content (AvgIpc) is 3.55. The molecule has 6 aliphatic carbocycles. The number of carbonyl (C=O) groups is 1. The Labute approximate surface area is 185 Å². The largest absolute Gasteiger partial charge is 0.341 e. The van der Waals surface area contributed by atoms with Crippen LogP contribution in [0.4, 0.5) is 0 Å². The van der Waals surface area contributed by atoms with E-state index in [0.29, 0.717) is 5.91 Å². The van der Waals surface area contributed by atoms with Crippen LogP contribution in [0.15, 0.2) is 42.6 Å². The number of aryl methyl sites for hydroxylation is 1. The summed E-state index contributed by atoms with van der Waals surface area (Å²) in [5, 5.41) is 6.12. The summed E-state index contributed by atoms with van der Waals surface area (Å²) in [5.41, 5.74) is 4.70. The predicted octanol–water partition coefficient (Wildman–Crippen LogP) is 3.34. The summed E-state index contributed by atoms with van der Waals surface area (Å²) in [6, 6.07) is 12.7. The fourth-order valence-electron chi connectivity index (χ4n) is 10.4. The van der Waals surface area contributed by atoms with Gasteiger partial charge >= 0.3 is 0 Å². The molecule has 3 aromatic rings. The Hall–Kier alpha value is -2.69. The van der Waals surface area contributed by atoms with Gasteiger partial charge in [-0.15, -0.1) is 0 Å². The molecule has 11 rings (SSSR count). The van der Waals surface area contributed by atoms with E-state index < -0.39 is 0 Å². The fraction of sp³-hybridized carbons (Fsp3) is 0.519. The van der Waals surface area contributed by atoms with Gasteiger partial charge in [0, 0.05) is 47.9 Å². The number of aromatic nitrogens is 3. The molecule has 7 fully saturated rings. The molecule has 32 heavy (non-hydrogen) atoms. The molecule has 0 radical (unpaired) electrons. The topological polar surface area (TPSA) is 51.0 Å². The summed E-state index contributed by atoms with van der Waals surface area (Å²) in [4.78, 5) is 20.6. The minimum atomic E-state index is 0.101. The number of fused-ring (bicyclic) bond motifs is 3. The van der Waals surface area contributed by atoms with Gasteiger partial charge in [0.15, 0.2) is 0 Å². The average molecular weight is 421 g/mol. The number of hydrogen-bond donors (Lipinski definition) is 0. The van der Waals surface area contributed by atoms with Crippen molar-refractivity contribution in [3.63, 3.8) is 0 Å². The number of nitrogens with zero attached hydrogens (tertiary/aromatic N) is 4. The van der Waals surface area contributed by atoms with Crippen LogP contribution in [0.5, 0.6) is 0 Å². The molecule has 5 heteroatoms. The van der Waals surface area contributed by atoms with Crippen LogP contribution < -0.4 is 0 Å². The highest BCUT2D eigenvalue weighted by atomic mass is 16.2. The van der Waals surface area contributed by atoms with E-state index in [4.69, 9.17) is 5.10 Å². The molecule has 0 N–H and O–H groups in total. The van der Waals surface area contributed by atoms with E-state index in [9.17, 15) is 4.79 Å². The van der Waals surface area contributed by atoms with Crippen molar-refractivity contribution in [3.8, 4) is 11.3 Å². The zero-order chi connectivity index (χ0) is 20.6. The van der Waals surface area contributed by atoms with Crippen molar-refractivity contribution in [1.29, 1.82) is 0 Å². The summed E-state index contributed by atoms with van der Waals surface area (Å²) in [5.74, 6) is 6.95. The number of rotatable bonds is 2. The number of pyridine rings is 1. The van der Waals surface area contributed by atoms with Gasteiger partial charge in [0.05, 0.1) is 16.6 Å². The number of hydrogen-bond acceptors (Lipinski definition) is 3. The van der Waals surface area contributed by atoms with E-state index in [1.54, 1.807) is 0 Å². The predicted molar refractivity (Wildman–Crippen MR) is 117 cm³/mol. The second kappa shape index (κ2) is 4.52. The van der Waals surface area contributed by atoms with Crippen molar-refractivity contribution in [3.05, 3.63) is 48.3 Å². The summed E-state index contributed by atoms with van der Waals surface area (Å²) in [6.07, 6.45) is 4.16. The van der Waals surface area contributed by atoms with Crippen LogP contribution in [0, 0.1) is 46.8 Å². The molecule has 2 aromatic heterocycles. The number of benzene rings is 1. The maximum absolute atomic E-state index is 13.7. The molecule has 1 aromatic carbocycles. The molecule has 2 aliphatic heterocycles.